The van der Waals surface area contributed by atoms with Crippen LogP contribution in [-0.2, 0) is 5.75 Å². The maximum absolute atomic E-state index is 13.3. The van der Waals surface area contributed by atoms with Crippen LogP contribution in [0.1, 0.15) is 69.3 Å². The molecule has 23 heavy (non-hydrogen) atoms. The molecule has 0 aliphatic heterocycles. The third kappa shape index (κ3) is 3.94. The molecule has 0 saturated heterocycles. The zero-order valence-corrected chi connectivity index (χ0v) is 14.7. The molecule has 1 aliphatic rings. The summed E-state index contributed by atoms with van der Waals surface area (Å²) in [6, 6.07) is 7.32. The molecule has 124 valence electrons. The number of thioether (sulfide) groups is 1. The van der Waals surface area contributed by atoms with Crippen LogP contribution in [-0.4, -0.2) is 14.8 Å². The van der Waals surface area contributed by atoms with Crippen LogP contribution in [0.5, 0.6) is 0 Å². The van der Waals surface area contributed by atoms with Crippen LogP contribution in [0.4, 0.5) is 4.39 Å². The second-order valence-corrected chi connectivity index (χ2v) is 7.52. The van der Waals surface area contributed by atoms with Crippen LogP contribution < -0.4 is 0 Å². The van der Waals surface area contributed by atoms with Crippen molar-refractivity contribution < 1.29 is 4.39 Å². The summed E-state index contributed by atoms with van der Waals surface area (Å²) in [5.74, 6) is 1.99. The van der Waals surface area contributed by atoms with E-state index in [1.165, 1.54) is 38.2 Å². The van der Waals surface area contributed by atoms with E-state index >= 15 is 0 Å². The molecule has 0 radical (unpaired) electrons. The molecule has 1 heterocycles. The van der Waals surface area contributed by atoms with E-state index in [0.29, 0.717) is 12.0 Å². The van der Waals surface area contributed by atoms with Crippen molar-refractivity contribution >= 4 is 11.8 Å². The van der Waals surface area contributed by atoms with Crippen LogP contribution in [0.15, 0.2) is 29.4 Å². The summed E-state index contributed by atoms with van der Waals surface area (Å²) in [6.07, 6.45) is 6.33. The maximum Gasteiger partial charge on any atom is 0.191 e. The first-order valence-electron chi connectivity index (χ1n) is 8.47. The highest BCUT2D eigenvalue weighted by Gasteiger charge is 2.24. The Hall–Kier alpha value is -1.36. The molecule has 0 amide bonds. The minimum Gasteiger partial charge on any atom is -0.303 e. The number of halogens is 1. The first-order chi connectivity index (χ1) is 11.1. The molecule has 3 nitrogen and oxygen atoms in total. The fraction of sp³-hybridized carbons (Fsp3) is 0.556. The van der Waals surface area contributed by atoms with Crippen molar-refractivity contribution in [1.82, 2.24) is 14.8 Å². The number of hydrogen-bond acceptors (Lipinski definition) is 3. The molecule has 0 bridgehead atoms. The molecule has 1 aliphatic carbocycles. The van der Waals surface area contributed by atoms with Crippen LogP contribution >= 0.6 is 11.8 Å². The summed E-state index contributed by atoms with van der Waals surface area (Å²) in [7, 11) is 0. The lowest BCUT2D eigenvalue weighted by atomic mass is 9.95. The van der Waals surface area contributed by atoms with Gasteiger partial charge in [-0.2, -0.15) is 0 Å². The highest BCUT2D eigenvalue weighted by Crippen LogP contribution is 2.35. The molecular weight excluding hydrogens is 309 g/mol. The van der Waals surface area contributed by atoms with Gasteiger partial charge in [0.1, 0.15) is 11.6 Å². The van der Waals surface area contributed by atoms with Crippen LogP contribution in [0, 0.1) is 5.82 Å². The van der Waals surface area contributed by atoms with E-state index in [-0.39, 0.29) is 5.82 Å². The van der Waals surface area contributed by atoms with E-state index in [2.05, 4.69) is 28.6 Å². The lowest BCUT2D eigenvalue weighted by Crippen LogP contribution is -2.17. The second kappa shape index (κ2) is 7.47. The van der Waals surface area contributed by atoms with E-state index in [0.717, 1.165) is 22.3 Å². The first-order valence-corrected chi connectivity index (χ1v) is 9.45. The van der Waals surface area contributed by atoms with Crippen molar-refractivity contribution in [1.29, 1.82) is 0 Å². The van der Waals surface area contributed by atoms with Crippen molar-refractivity contribution in [3.63, 3.8) is 0 Å². The minimum atomic E-state index is -0.181. The van der Waals surface area contributed by atoms with E-state index in [1.54, 1.807) is 23.9 Å². The lowest BCUT2D eigenvalue weighted by Gasteiger charge is -2.26. The third-order valence-electron chi connectivity index (χ3n) is 4.40. The van der Waals surface area contributed by atoms with E-state index in [9.17, 15) is 4.39 Å². The molecule has 2 aromatic rings. The van der Waals surface area contributed by atoms with Crippen molar-refractivity contribution in [2.45, 2.75) is 68.8 Å². The van der Waals surface area contributed by atoms with Gasteiger partial charge >= 0.3 is 0 Å². The molecule has 1 fully saturated rings. The number of nitrogens with zero attached hydrogens (tertiary/aromatic N) is 3. The number of benzene rings is 1. The Morgan fingerprint density at radius 1 is 1.22 bits per heavy atom. The standard InChI is InChI=1S/C18H24FN3S/c1-13(2)17-20-21-18(22(17)16-9-4-3-5-10-16)23-12-14-7-6-8-15(19)11-14/h6-8,11,13,16H,3-5,9-10,12H2,1-2H3. The van der Waals surface area contributed by atoms with Gasteiger partial charge in [0, 0.05) is 17.7 Å². The molecule has 0 atom stereocenters. The van der Waals surface area contributed by atoms with Crippen molar-refractivity contribution in [2.24, 2.45) is 0 Å². The molecule has 1 aromatic carbocycles. The topological polar surface area (TPSA) is 30.7 Å². The van der Waals surface area contributed by atoms with Gasteiger partial charge in [-0.1, -0.05) is 57.0 Å². The van der Waals surface area contributed by atoms with Gasteiger partial charge < -0.3 is 4.57 Å². The molecular formula is C18H24FN3S. The van der Waals surface area contributed by atoms with Gasteiger partial charge in [-0.05, 0) is 30.5 Å². The molecule has 0 N–H and O–H groups in total. The maximum atomic E-state index is 13.3. The molecule has 1 aromatic heterocycles. The van der Waals surface area contributed by atoms with Crippen LogP contribution in [0.25, 0.3) is 0 Å². The number of rotatable bonds is 5. The fourth-order valence-corrected chi connectivity index (χ4v) is 4.19. The summed E-state index contributed by atoms with van der Waals surface area (Å²) in [4.78, 5) is 0. The summed E-state index contributed by atoms with van der Waals surface area (Å²) < 4.78 is 15.7. The average Bonchev–Trinajstić information content (AvgIpc) is 2.98. The monoisotopic (exact) mass is 333 g/mol. The molecule has 1 saturated carbocycles. The van der Waals surface area contributed by atoms with Crippen molar-refractivity contribution in [3.8, 4) is 0 Å². The zero-order chi connectivity index (χ0) is 16.2. The minimum absolute atomic E-state index is 0.181. The Morgan fingerprint density at radius 3 is 2.70 bits per heavy atom. The van der Waals surface area contributed by atoms with Crippen LogP contribution in [0.2, 0.25) is 0 Å². The predicted octanol–water partition coefficient (Wildman–Crippen LogP) is 5.34. The highest BCUT2D eigenvalue weighted by atomic mass is 32.2. The van der Waals surface area contributed by atoms with Crippen molar-refractivity contribution in [3.05, 3.63) is 41.5 Å². The van der Waals surface area contributed by atoms with E-state index < -0.39 is 0 Å². The third-order valence-corrected chi connectivity index (χ3v) is 5.42. The fourth-order valence-electron chi connectivity index (χ4n) is 3.24. The average molecular weight is 333 g/mol. The predicted molar refractivity (Wildman–Crippen MR) is 92.2 cm³/mol. The quantitative estimate of drug-likeness (QED) is 0.692. The summed E-state index contributed by atoms with van der Waals surface area (Å²) in [6.45, 7) is 4.34. The SMILES string of the molecule is CC(C)c1nnc(SCc2cccc(F)c2)n1C1CCCCC1. The van der Waals surface area contributed by atoms with E-state index in [4.69, 9.17) is 0 Å². The molecule has 5 heteroatoms. The van der Waals surface area contributed by atoms with Gasteiger partial charge in [0.25, 0.3) is 0 Å². The zero-order valence-electron chi connectivity index (χ0n) is 13.8. The molecule has 0 spiro atoms. The van der Waals surface area contributed by atoms with Gasteiger partial charge in [0.05, 0.1) is 0 Å². The van der Waals surface area contributed by atoms with E-state index in [1.807, 2.05) is 6.07 Å². The molecule has 3 rings (SSSR count). The Labute approximate surface area is 141 Å². The number of aromatic nitrogens is 3. The largest absolute Gasteiger partial charge is 0.303 e. The number of hydrogen-bond donors (Lipinski definition) is 0. The Morgan fingerprint density at radius 2 is 2.00 bits per heavy atom. The van der Waals surface area contributed by atoms with Gasteiger partial charge in [0.2, 0.25) is 0 Å². The van der Waals surface area contributed by atoms with Crippen LogP contribution in [0.3, 0.4) is 0 Å². The first kappa shape index (κ1) is 16.5. The van der Waals surface area contributed by atoms with Crippen molar-refractivity contribution in [2.75, 3.05) is 0 Å². The second-order valence-electron chi connectivity index (χ2n) is 6.58. The summed E-state index contributed by atoms with van der Waals surface area (Å²) in [5, 5.41) is 9.85. The Bertz CT molecular complexity index is 647. The van der Waals surface area contributed by atoms with Gasteiger partial charge in [0.15, 0.2) is 5.16 Å². The summed E-state index contributed by atoms with van der Waals surface area (Å²) in [5.41, 5.74) is 0.985. The van der Waals surface area contributed by atoms with Gasteiger partial charge in [-0.3, -0.25) is 0 Å². The smallest absolute Gasteiger partial charge is 0.191 e. The van der Waals surface area contributed by atoms with Gasteiger partial charge in [-0.15, -0.1) is 10.2 Å². The Kier molecular flexibility index (Phi) is 5.36. The highest BCUT2D eigenvalue weighted by molar-refractivity contribution is 7.98. The lowest BCUT2D eigenvalue weighted by molar-refractivity contribution is 0.326. The molecule has 0 unspecified atom stereocenters. The Balaban J connectivity index is 1.80. The van der Waals surface area contributed by atoms with Gasteiger partial charge in [-0.25, -0.2) is 4.39 Å². The summed E-state index contributed by atoms with van der Waals surface area (Å²) >= 11 is 1.66. The normalized spacial score (nSPS) is 16.2.